The molecule has 4 nitrogen and oxygen atoms in total. The first-order valence-electron chi connectivity index (χ1n) is 6.67. The fourth-order valence-electron chi connectivity index (χ4n) is 3.13. The third-order valence-electron chi connectivity index (χ3n) is 3.98. The topological polar surface area (TPSA) is 58.2 Å². The van der Waals surface area contributed by atoms with Gasteiger partial charge in [0.15, 0.2) is 0 Å². The van der Waals surface area contributed by atoms with Gasteiger partial charge in [-0.05, 0) is 43.9 Å². The van der Waals surface area contributed by atoms with Crippen LogP contribution in [0.5, 0.6) is 0 Å². The number of fused-ring (bicyclic) bond motifs is 2. The summed E-state index contributed by atoms with van der Waals surface area (Å²) in [5.74, 6) is -0.818. The number of rotatable bonds is 3. The normalized spacial score (nSPS) is 28.2. The molecule has 2 aliphatic heterocycles. The highest BCUT2D eigenvalue weighted by Crippen LogP contribution is 2.28. The zero-order valence-electron chi connectivity index (χ0n) is 11.2. The van der Waals surface area contributed by atoms with Gasteiger partial charge in [-0.25, -0.2) is 17.5 Å². The average molecular weight is 355 g/mol. The molecule has 2 bridgehead atoms. The smallest absolute Gasteiger partial charge is 0.243 e. The summed E-state index contributed by atoms with van der Waals surface area (Å²) in [7, 11) is -3.84. The minimum absolute atomic E-state index is 0. The summed E-state index contributed by atoms with van der Waals surface area (Å²) >= 11 is 5.64. The summed E-state index contributed by atoms with van der Waals surface area (Å²) in [6, 6.07) is 4.21. The molecule has 8 heteroatoms. The number of hydrogen-bond donors (Lipinski definition) is 2. The van der Waals surface area contributed by atoms with Crippen molar-refractivity contribution in [1.29, 1.82) is 0 Å². The molecule has 0 aliphatic carbocycles. The van der Waals surface area contributed by atoms with E-state index in [1.54, 1.807) is 0 Å². The monoisotopic (exact) mass is 354 g/mol. The minimum atomic E-state index is -3.84. The van der Waals surface area contributed by atoms with Crippen LogP contribution in [0.15, 0.2) is 23.1 Å². The van der Waals surface area contributed by atoms with Crippen molar-refractivity contribution < 1.29 is 12.8 Å². The van der Waals surface area contributed by atoms with E-state index < -0.39 is 15.8 Å². The van der Waals surface area contributed by atoms with Gasteiger partial charge in [0.05, 0.1) is 0 Å². The molecular weight excluding hydrogens is 338 g/mol. The summed E-state index contributed by atoms with van der Waals surface area (Å²) in [5, 5.41) is 3.62. The van der Waals surface area contributed by atoms with Gasteiger partial charge in [-0.1, -0.05) is 11.6 Å². The largest absolute Gasteiger partial charge is 0.311 e. The molecule has 2 unspecified atom stereocenters. The van der Waals surface area contributed by atoms with E-state index in [0.29, 0.717) is 12.1 Å². The Morgan fingerprint density at radius 2 is 1.86 bits per heavy atom. The first-order valence-corrected chi connectivity index (χ1v) is 8.53. The molecule has 0 aromatic heterocycles. The van der Waals surface area contributed by atoms with Crippen molar-refractivity contribution in [3.05, 3.63) is 29.0 Å². The van der Waals surface area contributed by atoms with Crippen LogP contribution >= 0.6 is 24.0 Å². The van der Waals surface area contributed by atoms with Gasteiger partial charge < -0.3 is 5.32 Å². The highest BCUT2D eigenvalue weighted by molar-refractivity contribution is 7.89. The lowest BCUT2D eigenvalue weighted by atomic mass is 10.0. The fourth-order valence-corrected chi connectivity index (χ4v) is 4.61. The van der Waals surface area contributed by atoms with Crippen molar-refractivity contribution in [2.75, 3.05) is 0 Å². The van der Waals surface area contributed by atoms with Crippen molar-refractivity contribution in [3.8, 4) is 0 Å². The van der Waals surface area contributed by atoms with Crippen molar-refractivity contribution in [2.24, 2.45) is 0 Å². The lowest BCUT2D eigenvalue weighted by Crippen LogP contribution is -2.48. The Hall–Kier alpha value is -0.400. The lowest BCUT2D eigenvalue weighted by molar-refractivity contribution is 0.345. The van der Waals surface area contributed by atoms with Gasteiger partial charge in [0.1, 0.15) is 10.7 Å². The highest BCUT2D eigenvalue weighted by atomic mass is 35.5. The second-order valence-electron chi connectivity index (χ2n) is 5.50. The summed E-state index contributed by atoms with van der Waals surface area (Å²) < 4.78 is 40.9. The number of halogens is 3. The van der Waals surface area contributed by atoms with Gasteiger partial charge in [0.25, 0.3) is 0 Å². The number of piperidine rings is 1. The zero-order chi connectivity index (χ0) is 14.3. The van der Waals surface area contributed by atoms with Crippen molar-refractivity contribution in [2.45, 2.75) is 48.7 Å². The lowest BCUT2D eigenvalue weighted by Gasteiger charge is -2.29. The molecule has 3 rings (SSSR count). The molecule has 118 valence electrons. The Morgan fingerprint density at radius 1 is 1.24 bits per heavy atom. The molecule has 2 fully saturated rings. The summed E-state index contributed by atoms with van der Waals surface area (Å²) in [6.07, 6.45) is 3.67. The predicted molar refractivity (Wildman–Crippen MR) is 81.9 cm³/mol. The third-order valence-corrected chi connectivity index (χ3v) is 5.77. The van der Waals surface area contributed by atoms with Crippen molar-refractivity contribution in [3.63, 3.8) is 0 Å². The number of sulfonamides is 1. The van der Waals surface area contributed by atoms with Gasteiger partial charge in [-0.15, -0.1) is 12.4 Å². The van der Waals surface area contributed by atoms with Crippen LogP contribution in [0.1, 0.15) is 25.7 Å². The van der Waals surface area contributed by atoms with Crippen LogP contribution in [0.25, 0.3) is 0 Å². The van der Waals surface area contributed by atoms with Crippen LogP contribution in [-0.2, 0) is 10.0 Å². The first kappa shape index (κ1) is 17.0. The molecule has 2 N–H and O–H groups in total. The molecule has 21 heavy (non-hydrogen) atoms. The molecule has 0 radical (unpaired) electrons. The highest BCUT2D eigenvalue weighted by Gasteiger charge is 2.35. The van der Waals surface area contributed by atoms with Gasteiger partial charge >= 0.3 is 0 Å². The summed E-state index contributed by atoms with van der Waals surface area (Å²) in [6.45, 7) is 0. The minimum Gasteiger partial charge on any atom is -0.311 e. The first-order chi connectivity index (χ1) is 9.44. The number of hydrogen-bond acceptors (Lipinski definition) is 3. The van der Waals surface area contributed by atoms with E-state index >= 15 is 0 Å². The maximum atomic E-state index is 13.8. The van der Waals surface area contributed by atoms with E-state index in [1.807, 2.05) is 0 Å². The van der Waals surface area contributed by atoms with E-state index in [9.17, 15) is 12.8 Å². The summed E-state index contributed by atoms with van der Waals surface area (Å²) in [4.78, 5) is -0.340. The van der Waals surface area contributed by atoms with Crippen LogP contribution in [-0.4, -0.2) is 26.5 Å². The Morgan fingerprint density at radius 3 is 2.43 bits per heavy atom. The standard InChI is InChI=1S/C13H16ClFN2O2S.ClH/c14-8-1-4-13(12(15)5-8)20(18,19)17-11-6-9-2-3-10(7-11)16-9;/h1,4-5,9-11,16-17H,2-3,6-7H2;1H. The van der Waals surface area contributed by atoms with Gasteiger partial charge in [-0.2, -0.15) is 0 Å². The van der Waals surface area contributed by atoms with Crippen molar-refractivity contribution >= 4 is 34.0 Å². The zero-order valence-corrected chi connectivity index (χ0v) is 13.6. The van der Waals surface area contributed by atoms with Gasteiger partial charge in [0, 0.05) is 23.1 Å². The molecule has 1 aromatic rings. The predicted octanol–water partition coefficient (Wildman–Crippen LogP) is 2.46. The summed E-state index contributed by atoms with van der Waals surface area (Å²) in [5.41, 5.74) is 0. The molecular formula is C13H17Cl2FN2O2S. The Balaban J connectivity index is 0.00000161. The quantitative estimate of drug-likeness (QED) is 0.876. The second kappa shape index (κ2) is 6.38. The molecule has 2 heterocycles. The number of nitrogens with one attached hydrogen (secondary N) is 2. The molecule has 0 amide bonds. The Labute approximate surface area is 134 Å². The molecule has 1 aromatic carbocycles. The van der Waals surface area contributed by atoms with Crippen LogP contribution in [0.3, 0.4) is 0 Å². The molecule has 0 saturated carbocycles. The fraction of sp³-hybridized carbons (Fsp3) is 0.538. The third kappa shape index (κ3) is 3.68. The van der Waals surface area contributed by atoms with Gasteiger partial charge in [0.2, 0.25) is 10.0 Å². The van der Waals surface area contributed by atoms with Crippen LogP contribution < -0.4 is 10.0 Å². The van der Waals surface area contributed by atoms with Crippen molar-refractivity contribution in [1.82, 2.24) is 10.0 Å². The van der Waals surface area contributed by atoms with E-state index in [0.717, 1.165) is 31.7 Å². The van der Waals surface area contributed by atoms with E-state index in [4.69, 9.17) is 11.6 Å². The van der Waals surface area contributed by atoms with Crippen LogP contribution in [0.2, 0.25) is 5.02 Å². The maximum absolute atomic E-state index is 13.8. The van der Waals surface area contributed by atoms with Crippen LogP contribution in [0.4, 0.5) is 4.39 Å². The molecule has 2 aliphatic rings. The SMILES string of the molecule is Cl.O=S(=O)(NC1CC2CCC(C1)N2)c1ccc(Cl)cc1F. The molecule has 2 saturated heterocycles. The molecule has 2 atom stereocenters. The van der Waals surface area contributed by atoms with E-state index in [1.165, 1.54) is 12.1 Å². The van der Waals surface area contributed by atoms with E-state index in [-0.39, 0.29) is 28.4 Å². The van der Waals surface area contributed by atoms with Gasteiger partial charge in [-0.3, -0.25) is 0 Å². The van der Waals surface area contributed by atoms with Crippen LogP contribution in [0, 0.1) is 5.82 Å². The maximum Gasteiger partial charge on any atom is 0.243 e. The second-order valence-corrected chi connectivity index (χ2v) is 7.62. The number of benzene rings is 1. The average Bonchev–Trinajstić information content (AvgIpc) is 2.67. The molecule has 0 spiro atoms. The van der Waals surface area contributed by atoms with E-state index in [2.05, 4.69) is 10.0 Å². The Bertz CT molecular complexity index is 615. The Kier molecular flexibility index (Phi) is 5.15.